The van der Waals surface area contributed by atoms with Gasteiger partial charge in [0.05, 0.1) is 11.1 Å². The van der Waals surface area contributed by atoms with Crippen LogP contribution in [0.15, 0.2) is 48.5 Å². The second kappa shape index (κ2) is 14.7. The average Bonchev–Trinajstić information content (AvgIpc) is 2.97. The van der Waals surface area contributed by atoms with Gasteiger partial charge in [0.1, 0.15) is 12.7 Å². The van der Waals surface area contributed by atoms with Crippen molar-refractivity contribution in [1.82, 2.24) is 0 Å². The van der Waals surface area contributed by atoms with E-state index in [4.69, 9.17) is 9.47 Å². The lowest BCUT2D eigenvalue weighted by atomic mass is 9.77. The van der Waals surface area contributed by atoms with Gasteiger partial charge in [-0.3, -0.25) is 0 Å². The summed E-state index contributed by atoms with van der Waals surface area (Å²) in [5, 5.41) is 0. The van der Waals surface area contributed by atoms with E-state index in [0.717, 1.165) is 11.8 Å². The van der Waals surface area contributed by atoms with Gasteiger partial charge in [0.25, 0.3) is 0 Å². The molecule has 0 bridgehead atoms. The van der Waals surface area contributed by atoms with Crippen molar-refractivity contribution in [3.05, 3.63) is 70.8 Å². The number of esters is 2. The van der Waals surface area contributed by atoms with E-state index >= 15 is 0 Å². The molecule has 2 aromatic carbocycles. The minimum atomic E-state index is -0.521. The van der Waals surface area contributed by atoms with E-state index in [9.17, 15) is 9.59 Å². The Morgan fingerprint density at radius 1 is 0.667 bits per heavy atom. The van der Waals surface area contributed by atoms with Crippen LogP contribution in [-0.4, -0.2) is 24.6 Å². The van der Waals surface area contributed by atoms with Gasteiger partial charge in [-0.2, -0.15) is 0 Å². The maximum atomic E-state index is 12.7. The molecule has 4 nitrogen and oxygen atoms in total. The molecule has 0 aromatic heterocycles. The molecule has 0 radical (unpaired) electrons. The Labute approximate surface area is 235 Å². The van der Waals surface area contributed by atoms with Crippen molar-refractivity contribution >= 4 is 11.9 Å². The van der Waals surface area contributed by atoms with Gasteiger partial charge < -0.3 is 9.47 Å². The molecule has 1 atom stereocenters. The first-order chi connectivity index (χ1) is 19.0. The molecule has 0 saturated heterocycles. The Hall–Kier alpha value is -2.62. The Bertz CT molecular complexity index is 1030. The maximum Gasteiger partial charge on any atom is 0.338 e. The van der Waals surface area contributed by atoms with Crippen LogP contribution in [0.1, 0.15) is 141 Å². The van der Waals surface area contributed by atoms with Crippen molar-refractivity contribution in [3.8, 4) is 0 Å². The van der Waals surface area contributed by atoms with E-state index in [2.05, 4.69) is 38.1 Å². The Kier molecular flexibility index (Phi) is 11.1. The van der Waals surface area contributed by atoms with Crippen LogP contribution in [-0.2, 0) is 9.47 Å². The zero-order chi connectivity index (χ0) is 27.6. The van der Waals surface area contributed by atoms with Crippen LogP contribution < -0.4 is 0 Å². The summed E-state index contributed by atoms with van der Waals surface area (Å²) in [6.07, 6.45) is 14.9. The highest BCUT2D eigenvalue weighted by molar-refractivity contribution is 5.90. The Morgan fingerprint density at radius 2 is 1.08 bits per heavy atom. The molecule has 2 aliphatic carbocycles. The highest BCUT2D eigenvalue weighted by Gasteiger charge is 2.24. The summed E-state index contributed by atoms with van der Waals surface area (Å²) in [6, 6.07) is 15.8. The van der Waals surface area contributed by atoms with E-state index < -0.39 is 6.10 Å². The van der Waals surface area contributed by atoms with Crippen LogP contribution in [0.3, 0.4) is 0 Å². The lowest BCUT2D eigenvalue weighted by Crippen LogP contribution is -2.22. The van der Waals surface area contributed by atoms with Crippen molar-refractivity contribution in [1.29, 1.82) is 0 Å². The SMILES string of the molecule is CCCC1CCC(c2ccc(C(=O)OCC(C)OC(=O)c3ccc(C4CCC(CCC)CC4)cc3)cc2)CC1. The number of benzene rings is 2. The van der Waals surface area contributed by atoms with Crippen molar-refractivity contribution in [2.75, 3.05) is 6.61 Å². The fourth-order valence-electron chi connectivity index (χ4n) is 6.73. The lowest BCUT2D eigenvalue weighted by molar-refractivity contribution is 0.00447. The van der Waals surface area contributed by atoms with Gasteiger partial charge in [-0.05, 0) is 117 Å². The topological polar surface area (TPSA) is 52.6 Å². The number of carbonyl (C=O) groups is 2. The largest absolute Gasteiger partial charge is 0.458 e. The summed E-state index contributed by atoms with van der Waals surface area (Å²) >= 11 is 0. The Balaban J connectivity index is 1.19. The highest BCUT2D eigenvalue weighted by atomic mass is 16.6. The molecule has 39 heavy (non-hydrogen) atoms. The third-order valence-electron chi connectivity index (χ3n) is 9.08. The number of hydrogen-bond acceptors (Lipinski definition) is 4. The molecule has 0 N–H and O–H groups in total. The predicted molar refractivity (Wildman–Crippen MR) is 157 cm³/mol. The normalized spacial score (nSPS) is 24.1. The predicted octanol–water partition coefficient (Wildman–Crippen LogP) is 9.24. The van der Waals surface area contributed by atoms with Crippen LogP contribution in [0.5, 0.6) is 0 Å². The second-order valence-electron chi connectivity index (χ2n) is 12.1. The summed E-state index contributed by atoms with van der Waals surface area (Å²) in [5.74, 6) is 2.20. The van der Waals surface area contributed by atoms with Gasteiger partial charge in [0.15, 0.2) is 0 Å². The fraction of sp³-hybridized carbons (Fsp3) is 0.600. The summed E-state index contributed by atoms with van der Waals surface area (Å²) in [4.78, 5) is 25.2. The van der Waals surface area contributed by atoms with E-state index in [-0.39, 0.29) is 18.5 Å². The summed E-state index contributed by atoms with van der Waals surface area (Å²) in [5.41, 5.74) is 3.71. The molecule has 2 saturated carbocycles. The van der Waals surface area contributed by atoms with Crippen molar-refractivity contribution in [2.24, 2.45) is 11.8 Å². The van der Waals surface area contributed by atoms with Crippen LogP contribution in [0, 0.1) is 11.8 Å². The summed E-state index contributed by atoms with van der Waals surface area (Å²) in [7, 11) is 0. The molecule has 1 unspecified atom stereocenters. The number of rotatable bonds is 11. The first-order valence-electron chi connectivity index (χ1n) is 15.5. The van der Waals surface area contributed by atoms with Gasteiger partial charge in [0, 0.05) is 0 Å². The van der Waals surface area contributed by atoms with Gasteiger partial charge >= 0.3 is 11.9 Å². The minimum Gasteiger partial charge on any atom is -0.458 e. The first kappa shape index (κ1) is 29.4. The number of carbonyl (C=O) groups excluding carboxylic acids is 2. The zero-order valence-corrected chi connectivity index (χ0v) is 24.3. The quantitative estimate of drug-likeness (QED) is 0.271. The van der Waals surface area contributed by atoms with Gasteiger partial charge in [-0.1, -0.05) is 63.8 Å². The van der Waals surface area contributed by atoms with Crippen LogP contribution in [0.4, 0.5) is 0 Å². The van der Waals surface area contributed by atoms with Gasteiger partial charge in [-0.15, -0.1) is 0 Å². The molecular formula is C35H48O4. The van der Waals surface area contributed by atoms with Gasteiger partial charge in [-0.25, -0.2) is 9.59 Å². The highest BCUT2D eigenvalue weighted by Crippen LogP contribution is 2.38. The van der Waals surface area contributed by atoms with E-state index in [1.165, 1.54) is 88.2 Å². The minimum absolute atomic E-state index is 0.0346. The standard InChI is InChI=1S/C35H48O4/c1-4-6-26-8-12-28(13-9-26)30-16-20-32(21-17-30)34(36)38-24-25(3)39-35(37)33-22-18-31(19-23-33)29-14-10-27(7-5-2)11-15-29/h16-23,25-29H,4-15,24H2,1-3H3. The van der Waals surface area contributed by atoms with Crippen molar-refractivity contribution in [3.63, 3.8) is 0 Å². The zero-order valence-electron chi connectivity index (χ0n) is 24.3. The van der Waals surface area contributed by atoms with E-state index in [0.29, 0.717) is 23.0 Å². The molecule has 0 heterocycles. The van der Waals surface area contributed by atoms with Crippen molar-refractivity contribution < 1.29 is 19.1 Å². The van der Waals surface area contributed by atoms with Crippen LogP contribution in [0.2, 0.25) is 0 Å². The molecule has 4 heteroatoms. The molecule has 0 spiro atoms. The third-order valence-corrected chi connectivity index (χ3v) is 9.08. The molecule has 212 valence electrons. The van der Waals surface area contributed by atoms with E-state index in [1.807, 2.05) is 24.3 Å². The van der Waals surface area contributed by atoms with Crippen LogP contribution in [0.25, 0.3) is 0 Å². The smallest absolute Gasteiger partial charge is 0.338 e. The van der Waals surface area contributed by atoms with Gasteiger partial charge in [0.2, 0.25) is 0 Å². The first-order valence-corrected chi connectivity index (χ1v) is 15.5. The molecule has 0 amide bonds. The number of hydrogen-bond donors (Lipinski definition) is 0. The average molecular weight is 533 g/mol. The molecule has 2 aromatic rings. The lowest BCUT2D eigenvalue weighted by Gasteiger charge is -2.28. The monoisotopic (exact) mass is 532 g/mol. The molecule has 2 aliphatic rings. The maximum absolute atomic E-state index is 12.7. The molecule has 2 fully saturated rings. The summed E-state index contributed by atoms with van der Waals surface area (Å²) in [6.45, 7) is 6.33. The van der Waals surface area contributed by atoms with E-state index in [1.54, 1.807) is 6.92 Å². The Morgan fingerprint density at radius 3 is 1.49 bits per heavy atom. The molecular weight excluding hydrogens is 484 g/mol. The summed E-state index contributed by atoms with van der Waals surface area (Å²) < 4.78 is 11.0. The molecule has 0 aliphatic heterocycles. The molecule has 4 rings (SSSR count). The second-order valence-corrected chi connectivity index (χ2v) is 12.1. The number of ether oxygens (including phenoxy) is 2. The third kappa shape index (κ3) is 8.43. The van der Waals surface area contributed by atoms with Crippen molar-refractivity contribution in [2.45, 2.75) is 116 Å². The van der Waals surface area contributed by atoms with Crippen LogP contribution >= 0.6 is 0 Å². The fourth-order valence-corrected chi connectivity index (χ4v) is 6.73.